The fraction of sp³-hybridized carbons (Fsp3) is 0.611. The minimum absolute atomic E-state index is 0.00102. The molecule has 1 aliphatic rings. The second kappa shape index (κ2) is 6.07. The topological polar surface area (TPSA) is 35.5 Å². The Hall–Kier alpha value is -1.29. The van der Waals surface area contributed by atoms with Crippen molar-refractivity contribution in [3.63, 3.8) is 0 Å². The van der Waals surface area contributed by atoms with Crippen LogP contribution in [0.5, 0.6) is 11.5 Å². The van der Waals surface area contributed by atoms with E-state index in [0.717, 1.165) is 24.3 Å². The largest absolute Gasteiger partial charge is 0.493 e. The van der Waals surface area contributed by atoms with Gasteiger partial charge in [0.15, 0.2) is 11.5 Å². The van der Waals surface area contributed by atoms with Crippen LogP contribution in [0.1, 0.15) is 49.7 Å². The number of rotatable bonds is 4. The van der Waals surface area contributed by atoms with Gasteiger partial charge in [-0.2, -0.15) is 0 Å². The molecule has 0 saturated heterocycles. The predicted molar refractivity (Wildman–Crippen MR) is 93.6 cm³/mol. The van der Waals surface area contributed by atoms with Gasteiger partial charge in [-0.05, 0) is 36.4 Å². The van der Waals surface area contributed by atoms with Crippen molar-refractivity contribution in [1.29, 1.82) is 0 Å². The number of fused-ring (bicyclic) bond motifs is 1. The molecule has 0 spiro atoms. The van der Waals surface area contributed by atoms with Crippen LogP contribution in [0.3, 0.4) is 0 Å². The highest BCUT2D eigenvalue weighted by Crippen LogP contribution is 2.47. The standard InChI is InChI=1S/C18H28O3Si/c1-11-8-9-13(12(2)19)14-10-15(22(5,6)7)17(20-3)18(21-4)16(11)14/h10-11,13H,8-9H2,1-7H3/t11-,13-/m0/s1. The maximum absolute atomic E-state index is 12.1. The zero-order chi connectivity index (χ0) is 16.7. The molecule has 122 valence electrons. The van der Waals surface area contributed by atoms with Crippen molar-refractivity contribution in [2.45, 2.75) is 58.2 Å². The first kappa shape index (κ1) is 17.1. The van der Waals surface area contributed by atoms with Crippen molar-refractivity contribution in [1.82, 2.24) is 0 Å². The first-order chi connectivity index (χ1) is 10.2. The molecule has 0 unspecified atom stereocenters. The van der Waals surface area contributed by atoms with Gasteiger partial charge in [-0.15, -0.1) is 0 Å². The van der Waals surface area contributed by atoms with Crippen LogP contribution in [0.25, 0.3) is 0 Å². The molecule has 4 heteroatoms. The molecule has 0 aromatic heterocycles. The summed E-state index contributed by atoms with van der Waals surface area (Å²) in [6.45, 7) is 10.8. The van der Waals surface area contributed by atoms with Gasteiger partial charge in [0.2, 0.25) is 0 Å². The highest BCUT2D eigenvalue weighted by molar-refractivity contribution is 6.89. The first-order valence-corrected chi connectivity index (χ1v) is 11.5. The van der Waals surface area contributed by atoms with E-state index in [1.807, 2.05) is 0 Å². The van der Waals surface area contributed by atoms with E-state index in [0.29, 0.717) is 5.92 Å². The third kappa shape index (κ3) is 2.81. The van der Waals surface area contributed by atoms with Crippen LogP contribution in [-0.2, 0) is 4.79 Å². The Kier molecular flexibility index (Phi) is 4.71. The Morgan fingerprint density at radius 1 is 1.14 bits per heavy atom. The molecule has 2 rings (SSSR count). The van der Waals surface area contributed by atoms with E-state index >= 15 is 0 Å². The van der Waals surface area contributed by atoms with Crippen LogP contribution in [0, 0.1) is 0 Å². The third-order valence-corrected chi connectivity index (χ3v) is 6.76. The van der Waals surface area contributed by atoms with Gasteiger partial charge in [0.25, 0.3) is 0 Å². The maximum Gasteiger partial charge on any atom is 0.164 e. The molecular formula is C18H28O3Si. The van der Waals surface area contributed by atoms with Crippen molar-refractivity contribution < 1.29 is 14.3 Å². The Labute approximate surface area is 135 Å². The third-order valence-electron chi connectivity index (χ3n) is 4.77. The van der Waals surface area contributed by atoms with E-state index in [1.165, 1.54) is 16.3 Å². The average Bonchev–Trinajstić information content (AvgIpc) is 2.44. The van der Waals surface area contributed by atoms with E-state index in [2.05, 4.69) is 32.6 Å². The van der Waals surface area contributed by atoms with Crippen LogP contribution in [0.15, 0.2) is 6.07 Å². The predicted octanol–water partition coefficient (Wildman–Crippen LogP) is 3.82. The van der Waals surface area contributed by atoms with Crippen LogP contribution in [0.2, 0.25) is 19.6 Å². The molecule has 0 fully saturated rings. The molecule has 1 aromatic carbocycles. The Morgan fingerprint density at radius 2 is 1.73 bits per heavy atom. The molecule has 1 aliphatic carbocycles. The number of carbonyl (C=O) groups excluding carboxylic acids is 1. The molecule has 22 heavy (non-hydrogen) atoms. The van der Waals surface area contributed by atoms with Gasteiger partial charge < -0.3 is 9.47 Å². The van der Waals surface area contributed by atoms with E-state index < -0.39 is 8.07 Å². The molecule has 0 saturated carbocycles. The van der Waals surface area contributed by atoms with Gasteiger partial charge in [-0.3, -0.25) is 4.79 Å². The number of hydrogen-bond acceptors (Lipinski definition) is 3. The quantitative estimate of drug-likeness (QED) is 0.791. The highest BCUT2D eigenvalue weighted by Gasteiger charge is 2.35. The summed E-state index contributed by atoms with van der Waals surface area (Å²) < 4.78 is 11.5. The minimum atomic E-state index is -1.61. The second-order valence-electron chi connectivity index (χ2n) is 7.39. The van der Waals surface area contributed by atoms with Crippen molar-refractivity contribution in [2.24, 2.45) is 0 Å². The summed E-state index contributed by atoms with van der Waals surface area (Å²) in [4.78, 5) is 12.1. The zero-order valence-electron chi connectivity index (χ0n) is 14.9. The number of benzene rings is 1. The summed E-state index contributed by atoms with van der Waals surface area (Å²) in [6.07, 6.45) is 1.95. The summed E-state index contributed by atoms with van der Waals surface area (Å²) in [5, 5.41) is 1.24. The smallest absolute Gasteiger partial charge is 0.164 e. The van der Waals surface area contributed by atoms with Crippen molar-refractivity contribution in [3.05, 3.63) is 17.2 Å². The highest BCUT2D eigenvalue weighted by atomic mass is 28.3. The summed E-state index contributed by atoms with van der Waals surface area (Å²) in [6, 6.07) is 2.24. The molecule has 0 radical (unpaired) electrons. The van der Waals surface area contributed by atoms with E-state index in [4.69, 9.17) is 9.47 Å². The van der Waals surface area contributed by atoms with Crippen molar-refractivity contribution >= 4 is 19.0 Å². The lowest BCUT2D eigenvalue weighted by molar-refractivity contribution is -0.118. The van der Waals surface area contributed by atoms with Gasteiger partial charge in [0.1, 0.15) is 5.78 Å². The van der Waals surface area contributed by atoms with Gasteiger partial charge >= 0.3 is 0 Å². The van der Waals surface area contributed by atoms with E-state index in [-0.39, 0.29) is 11.7 Å². The summed E-state index contributed by atoms with van der Waals surface area (Å²) in [5.41, 5.74) is 2.34. The Bertz CT molecular complexity index is 587. The minimum Gasteiger partial charge on any atom is -0.493 e. The molecule has 0 bridgehead atoms. The average molecular weight is 321 g/mol. The van der Waals surface area contributed by atoms with Crippen LogP contribution in [0.4, 0.5) is 0 Å². The molecular weight excluding hydrogens is 292 g/mol. The summed E-state index contributed by atoms with van der Waals surface area (Å²) >= 11 is 0. The fourth-order valence-corrected chi connectivity index (χ4v) is 5.06. The number of ketones is 1. The number of hydrogen-bond donors (Lipinski definition) is 0. The van der Waals surface area contributed by atoms with Crippen molar-refractivity contribution in [2.75, 3.05) is 14.2 Å². The number of Topliss-reactive ketones (excluding diaryl/α,β-unsaturated/α-hetero) is 1. The molecule has 0 heterocycles. The zero-order valence-corrected chi connectivity index (χ0v) is 15.9. The number of methoxy groups -OCH3 is 2. The number of ether oxygens (including phenoxy) is 2. The van der Waals surface area contributed by atoms with Crippen LogP contribution < -0.4 is 14.7 Å². The molecule has 3 nitrogen and oxygen atoms in total. The lowest BCUT2D eigenvalue weighted by Crippen LogP contribution is -2.40. The van der Waals surface area contributed by atoms with Crippen LogP contribution in [-0.4, -0.2) is 28.1 Å². The lowest BCUT2D eigenvalue weighted by atomic mass is 9.75. The van der Waals surface area contributed by atoms with Gasteiger partial charge in [-0.25, -0.2) is 0 Å². The summed E-state index contributed by atoms with van der Waals surface area (Å²) in [5.74, 6) is 2.36. The Balaban J connectivity index is 2.82. The Morgan fingerprint density at radius 3 is 2.18 bits per heavy atom. The first-order valence-electron chi connectivity index (χ1n) is 8.02. The molecule has 0 N–H and O–H groups in total. The normalized spacial score (nSPS) is 21.2. The SMILES string of the molecule is COc1c([Si](C)(C)C)cc2c(c1OC)[C@@H](C)CC[C@H]2C(C)=O. The van der Waals surface area contributed by atoms with Crippen molar-refractivity contribution in [3.8, 4) is 11.5 Å². The molecule has 1 aromatic rings. The summed E-state index contributed by atoms with van der Waals surface area (Å²) in [7, 11) is 1.81. The molecule has 2 atom stereocenters. The molecule has 0 amide bonds. The number of carbonyl (C=O) groups is 1. The lowest BCUT2D eigenvalue weighted by Gasteiger charge is -2.33. The van der Waals surface area contributed by atoms with E-state index in [1.54, 1.807) is 21.1 Å². The van der Waals surface area contributed by atoms with Crippen LogP contribution >= 0.6 is 0 Å². The second-order valence-corrected chi connectivity index (χ2v) is 12.4. The fourth-order valence-electron chi connectivity index (χ4n) is 3.57. The van der Waals surface area contributed by atoms with Gasteiger partial charge in [0, 0.05) is 11.5 Å². The molecule has 0 aliphatic heterocycles. The monoisotopic (exact) mass is 320 g/mol. The maximum atomic E-state index is 12.1. The van der Waals surface area contributed by atoms with Gasteiger partial charge in [-0.1, -0.05) is 32.6 Å². The van der Waals surface area contributed by atoms with Gasteiger partial charge in [0.05, 0.1) is 22.3 Å². The van der Waals surface area contributed by atoms with E-state index in [9.17, 15) is 4.79 Å².